The number of methoxy groups -OCH3 is 3. The molecule has 4 nitrogen and oxygen atoms in total. The van der Waals surface area contributed by atoms with Gasteiger partial charge in [-0.15, -0.1) is 0 Å². The second-order valence-corrected chi connectivity index (χ2v) is 4.35. The molecular formula is C13H18O4. The molecule has 4 heteroatoms. The van der Waals surface area contributed by atoms with Crippen LogP contribution >= 0.6 is 0 Å². The van der Waals surface area contributed by atoms with E-state index in [1.807, 2.05) is 12.1 Å². The molecule has 2 rings (SSSR count). The van der Waals surface area contributed by atoms with Crippen molar-refractivity contribution in [3.05, 3.63) is 17.7 Å². The topological polar surface area (TPSA) is 47.9 Å². The van der Waals surface area contributed by atoms with E-state index in [1.165, 1.54) is 0 Å². The van der Waals surface area contributed by atoms with Gasteiger partial charge in [0.2, 0.25) is 0 Å². The Labute approximate surface area is 101 Å². The van der Waals surface area contributed by atoms with E-state index in [0.29, 0.717) is 17.2 Å². The van der Waals surface area contributed by atoms with Gasteiger partial charge in [0, 0.05) is 23.1 Å². The van der Waals surface area contributed by atoms with Gasteiger partial charge < -0.3 is 19.3 Å². The van der Waals surface area contributed by atoms with Crippen molar-refractivity contribution in [3.8, 4) is 17.2 Å². The van der Waals surface area contributed by atoms with Gasteiger partial charge in [-0.2, -0.15) is 0 Å². The number of benzene rings is 1. The molecule has 0 bridgehead atoms. The van der Waals surface area contributed by atoms with Gasteiger partial charge in [0.25, 0.3) is 0 Å². The zero-order chi connectivity index (χ0) is 12.5. The van der Waals surface area contributed by atoms with Crippen molar-refractivity contribution >= 4 is 0 Å². The molecule has 0 amide bonds. The van der Waals surface area contributed by atoms with E-state index >= 15 is 0 Å². The zero-order valence-corrected chi connectivity index (χ0v) is 10.4. The quantitative estimate of drug-likeness (QED) is 0.848. The highest BCUT2D eigenvalue weighted by molar-refractivity contribution is 5.56. The molecule has 0 atom stereocenters. The van der Waals surface area contributed by atoms with Gasteiger partial charge >= 0.3 is 0 Å². The fraction of sp³-hybridized carbons (Fsp3) is 0.538. The van der Waals surface area contributed by atoms with Crippen LogP contribution in [0, 0.1) is 0 Å². The Bertz CT molecular complexity index is 385. The monoisotopic (exact) mass is 238 g/mol. The Morgan fingerprint density at radius 1 is 1.06 bits per heavy atom. The first-order valence-corrected chi connectivity index (χ1v) is 5.62. The fourth-order valence-electron chi connectivity index (χ4n) is 2.17. The molecule has 0 spiro atoms. The zero-order valence-electron chi connectivity index (χ0n) is 10.4. The molecule has 0 heterocycles. The summed E-state index contributed by atoms with van der Waals surface area (Å²) in [5.74, 6) is 2.12. The summed E-state index contributed by atoms with van der Waals surface area (Å²) >= 11 is 0. The molecule has 1 fully saturated rings. The Kier molecular flexibility index (Phi) is 3.15. The summed E-state index contributed by atoms with van der Waals surface area (Å²) in [6.07, 6.45) is 1.92. The molecule has 0 aliphatic heterocycles. The summed E-state index contributed by atoms with van der Waals surface area (Å²) in [4.78, 5) is 0. The highest BCUT2D eigenvalue weighted by Gasteiger charge is 2.48. The van der Waals surface area contributed by atoms with Crippen molar-refractivity contribution in [3.63, 3.8) is 0 Å². The Morgan fingerprint density at radius 3 is 1.88 bits per heavy atom. The predicted octanol–water partition coefficient (Wildman–Crippen LogP) is 1.74. The van der Waals surface area contributed by atoms with Gasteiger partial charge in [-0.1, -0.05) is 0 Å². The third-order valence-electron chi connectivity index (χ3n) is 3.40. The van der Waals surface area contributed by atoms with Crippen molar-refractivity contribution in [2.24, 2.45) is 0 Å². The number of hydrogen-bond donors (Lipinski definition) is 1. The third kappa shape index (κ3) is 1.93. The van der Waals surface area contributed by atoms with E-state index in [9.17, 15) is 5.11 Å². The van der Waals surface area contributed by atoms with Crippen LogP contribution in [0.2, 0.25) is 0 Å². The minimum absolute atomic E-state index is 0.117. The molecule has 1 aliphatic rings. The van der Waals surface area contributed by atoms with E-state index in [0.717, 1.165) is 18.4 Å². The van der Waals surface area contributed by atoms with Crippen LogP contribution in [0.3, 0.4) is 0 Å². The van der Waals surface area contributed by atoms with E-state index in [2.05, 4.69) is 0 Å². The van der Waals surface area contributed by atoms with E-state index < -0.39 is 0 Å². The molecule has 0 radical (unpaired) electrons. The lowest BCUT2D eigenvalue weighted by Gasteiger charge is -2.20. The lowest BCUT2D eigenvalue weighted by molar-refractivity contribution is 0.247. The van der Waals surface area contributed by atoms with Crippen LogP contribution in [0.1, 0.15) is 18.4 Å². The maximum atomic E-state index is 9.53. The van der Waals surface area contributed by atoms with Crippen molar-refractivity contribution in [2.75, 3.05) is 27.9 Å². The largest absolute Gasteiger partial charge is 0.496 e. The molecule has 0 aromatic heterocycles. The lowest BCUT2D eigenvalue weighted by atomic mass is 9.94. The van der Waals surface area contributed by atoms with Crippen LogP contribution in [-0.4, -0.2) is 33.0 Å². The Hall–Kier alpha value is -1.42. The molecule has 94 valence electrons. The Morgan fingerprint density at radius 2 is 1.59 bits per heavy atom. The van der Waals surface area contributed by atoms with Crippen LogP contribution in [0.5, 0.6) is 17.2 Å². The van der Waals surface area contributed by atoms with Crippen LogP contribution in [-0.2, 0) is 5.41 Å². The van der Waals surface area contributed by atoms with E-state index in [-0.39, 0.29) is 12.0 Å². The van der Waals surface area contributed by atoms with E-state index in [4.69, 9.17) is 14.2 Å². The first kappa shape index (κ1) is 12.0. The highest BCUT2D eigenvalue weighted by atomic mass is 16.5. The van der Waals surface area contributed by atoms with Crippen LogP contribution in [0.4, 0.5) is 0 Å². The number of hydrogen-bond acceptors (Lipinski definition) is 4. The molecule has 17 heavy (non-hydrogen) atoms. The summed E-state index contributed by atoms with van der Waals surface area (Å²) < 4.78 is 16.0. The first-order valence-electron chi connectivity index (χ1n) is 5.62. The standard InChI is InChI=1S/C13H18O4/c1-15-9-6-10(16-2)12(11(7-9)17-3)13(8-14)4-5-13/h6-7,14H,4-5,8H2,1-3H3. The van der Waals surface area contributed by atoms with E-state index in [1.54, 1.807) is 21.3 Å². The first-order chi connectivity index (χ1) is 8.20. The molecule has 1 aromatic carbocycles. The van der Waals surface area contributed by atoms with Gasteiger partial charge in [-0.25, -0.2) is 0 Å². The summed E-state index contributed by atoms with van der Waals surface area (Å²) in [7, 11) is 4.84. The molecule has 1 aromatic rings. The summed E-state index contributed by atoms with van der Waals surface area (Å²) in [6.45, 7) is 0.117. The van der Waals surface area contributed by atoms with Gasteiger partial charge in [0.05, 0.1) is 27.9 Å². The van der Waals surface area contributed by atoms with Crippen LogP contribution in [0.25, 0.3) is 0 Å². The van der Waals surface area contributed by atoms with Gasteiger partial charge in [-0.3, -0.25) is 0 Å². The number of aliphatic hydroxyl groups excluding tert-OH is 1. The fourth-order valence-corrected chi connectivity index (χ4v) is 2.17. The Balaban J connectivity index is 2.55. The second kappa shape index (κ2) is 4.45. The highest BCUT2D eigenvalue weighted by Crippen LogP contribution is 2.55. The number of rotatable bonds is 5. The molecule has 0 unspecified atom stereocenters. The smallest absolute Gasteiger partial charge is 0.130 e. The average molecular weight is 238 g/mol. The summed E-state index contributed by atoms with van der Waals surface area (Å²) in [5, 5.41) is 9.53. The van der Waals surface area contributed by atoms with Crippen LogP contribution < -0.4 is 14.2 Å². The maximum Gasteiger partial charge on any atom is 0.130 e. The van der Waals surface area contributed by atoms with Crippen molar-refractivity contribution in [1.29, 1.82) is 0 Å². The molecular weight excluding hydrogens is 220 g/mol. The minimum atomic E-state index is -0.192. The molecule has 1 N–H and O–H groups in total. The van der Waals surface area contributed by atoms with Crippen molar-refractivity contribution in [1.82, 2.24) is 0 Å². The number of aliphatic hydroxyl groups is 1. The SMILES string of the molecule is COc1cc(OC)c(C2(CO)CC2)c(OC)c1. The summed E-state index contributed by atoms with van der Waals surface area (Å²) in [6, 6.07) is 3.65. The predicted molar refractivity (Wildman–Crippen MR) is 64.1 cm³/mol. The maximum absolute atomic E-state index is 9.53. The van der Waals surface area contributed by atoms with Crippen LogP contribution in [0.15, 0.2) is 12.1 Å². The van der Waals surface area contributed by atoms with Crippen molar-refractivity contribution in [2.45, 2.75) is 18.3 Å². The lowest BCUT2D eigenvalue weighted by Crippen LogP contribution is -2.15. The van der Waals surface area contributed by atoms with Gasteiger partial charge in [0.15, 0.2) is 0 Å². The average Bonchev–Trinajstić information content (AvgIpc) is 3.17. The molecule has 0 saturated heterocycles. The third-order valence-corrected chi connectivity index (χ3v) is 3.40. The summed E-state index contributed by atoms with van der Waals surface area (Å²) in [5.41, 5.74) is 0.758. The molecule has 1 aliphatic carbocycles. The molecule has 1 saturated carbocycles. The normalized spacial score (nSPS) is 16.5. The number of ether oxygens (including phenoxy) is 3. The minimum Gasteiger partial charge on any atom is -0.496 e. The van der Waals surface area contributed by atoms with Gasteiger partial charge in [-0.05, 0) is 12.8 Å². The van der Waals surface area contributed by atoms with Gasteiger partial charge in [0.1, 0.15) is 17.2 Å². The second-order valence-electron chi connectivity index (χ2n) is 4.35. The van der Waals surface area contributed by atoms with Crippen molar-refractivity contribution < 1.29 is 19.3 Å².